The van der Waals surface area contributed by atoms with Crippen LogP contribution in [-0.4, -0.2) is 29.3 Å². The summed E-state index contributed by atoms with van der Waals surface area (Å²) in [6.45, 7) is -0.726. The molecule has 1 fully saturated rings. The van der Waals surface area contributed by atoms with E-state index < -0.39 is 41.8 Å². The number of anilines is 1. The number of carbonyl (C=O) groups excluding carboxylic acids is 3. The van der Waals surface area contributed by atoms with Crippen LogP contribution in [0.2, 0.25) is 0 Å². The zero-order valence-corrected chi connectivity index (χ0v) is 15.4. The largest absolute Gasteiger partial charge is 0.418 e. The van der Waals surface area contributed by atoms with Crippen LogP contribution < -0.4 is 10.6 Å². The fourth-order valence-corrected chi connectivity index (χ4v) is 2.72. The van der Waals surface area contributed by atoms with Gasteiger partial charge in [0.2, 0.25) is 5.91 Å². The minimum Gasteiger partial charge on any atom is -0.324 e. The van der Waals surface area contributed by atoms with E-state index in [0.29, 0.717) is 4.90 Å². The number of hydrogen-bond acceptors (Lipinski definition) is 3. The molecule has 1 aliphatic rings. The molecule has 0 atom stereocenters. The number of rotatable bonds is 5. The van der Waals surface area contributed by atoms with E-state index in [1.807, 2.05) is 30.3 Å². The van der Waals surface area contributed by atoms with Crippen molar-refractivity contribution in [1.82, 2.24) is 10.2 Å². The van der Waals surface area contributed by atoms with E-state index >= 15 is 0 Å². The van der Waals surface area contributed by atoms with Crippen molar-refractivity contribution in [3.63, 3.8) is 0 Å². The Morgan fingerprint density at radius 3 is 2.40 bits per heavy atom. The van der Waals surface area contributed by atoms with E-state index in [2.05, 4.69) is 10.6 Å². The predicted molar refractivity (Wildman–Crippen MR) is 104 cm³/mol. The summed E-state index contributed by atoms with van der Waals surface area (Å²) in [7, 11) is 0. The SMILES string of the molecule is O=C(CN1C(=O)N/C(=C\C=C\c2ccccc2)C1=O)Nc1ccccc1C(F)(F)F. The van der Waals surface area contributed by atoms with E-state index in [1.54, 1.807) is 12.2 Å². The van der Waals surface area contributed by atoms with Crippen molar-refractivity contribution in [2.24, 2.45) is 0 Å². The lowest BCUT2D eigenvalue weighted by atomic mass is 10.1. The van der Waals surface area contributed by atoms with Crippen molar-refractivity contribution in [3.05, 3.63) is 83.6 Å². The number of para-hydroxylation sites is 1. The molecule has 2 N–H and O–H groups in total. The number of urea groups is 1. The van der Waals surface area contributed by atoms with Crippen molar-refractivity contribution in [1.29, 1.82) is 0 Å². The number of nitrogens with one attached hydrogen (secondary N) is 2. The third kappa shape index (κ3) is 4.93. The molecule has 2 aromatic carbocycles. The average molecular weight is 415 g/mol. The number of carbonyl (C=O) groups is 3. The second-order valence-corrected chi connectivity index (χ2v) is 6.26. The summed E-state index contributed by atoms with van der Waals surface area (Å²) in [4.78, 5) is 37.1. The molecule has 0 unspecified atom stereocenters. The van der Waals surface area contributed by atoms with Crippen LogP contribution in [0.3, 0.4) is 0 Å². The first-order chi connectivity index (χ1) is 14.3. The third-order valence-corrected chi connectivity index (χ3v) is 4.12. The van der Waals surface area contributed by atoms with Gasteiger partial charge in [0.1, 0.15) is 12.2 Å². The van der Waals surface area contributed by atoms with Gasteiger partial charge in [-0.1, -0.05) is 54.6 Å². The summed E-state index contributed by atoms with van der Waals surface area (Å²) in [5.74, 6) is -1.69. The number of amides is 4. The molecule has 1 saturated heterocycles. The monoisotopic (exact) mass is 415 g/mol. The Morgan fingerprint density at radius 2 is 1.70 bits per heavy atom. The van der Waals surface area contributed by atoms with Gasteiger partial charge >= 0.3 is 12.2 Å². The molecule has 1 aliphatic heterocycles. The molecule has 9 heteroatoms. The highest BCUT2D eigenvalue weighted by Crippen LogP contribution is 2.34. The first-order valence-electron chi connectivity index (χ1n) is 8.78. The summed E-state index contributed by atoms with van der Waals surface area (Å²) >= 11 is 0. The summed E-state index contributed by atoms with van der Waals surface area (Å²) in [6.07, 6.45) is -0.00231. The quantitative estimate of drug-likeness (QED) is 0.576. The average Bonchev–Trinajstić information content (AvgIpc) is 2.96. The Labute approximate surface area is 169 Å². The third-order valence-electron chi connectivity index (χ3n) is 4.12. The van der Waals surface area contributed by atoms with Crippen LogP contribution >= 0.6 is 0 Å². The number of alkyl halides is 3. The molecule has 0 spiro atoms. The first-order valence-corrected chi connectivity index (χ1v) is 8.78. The van der Waals surface area contributed by atoms with E-state index in [-0.39, 0.29) is 5.70 Å². The highest BCUT2D eigenvalue weighted by molar-refractivity contribution is 6.14. The summed E-state index contributed by atoms with van der Waals surface area (Å²) < 4.78 is 39.1. The highest BCUT2D eigenvalue weighted by Gasteiger charge is 2.36. The first kappa shape index (κ1) is 20.8. The van der Waals surface area contributed by atoms with Crippen molar-refractivity contribution in [2.75, 3.05) is 11.9 Å². The van der Waals surface area contributed by atoms with Gasteiger partial charge in [0.15, 0.2) is 0 Å². The lowest BCUT2D eigenvalue weighted by Crippen LogP contribution is -2.38. The van der Waals surface area contributed by atoms with Gasteiger partial charge in [0, 0.05) is 0 Å². The van der Waals surface area contributed by atoms with E-state index in [1.165, 1.54) is 18.2 Å². The van der Waals surface area contributed by atoms with E-state index in [0.717, 1.165) is 17.7 Å². The zero-order valence-electron chi connectivity index (χ0n) is 15.4. The lowest BCUT2D eigenvalue weighted by molar-refractivity contribution is -0.137. The fourth-order valence-electron chi connectivity index (χ4n) is 2.72. The number of hydrogen-bond donors (Lipinski definition) is 2. The van der Waals surface area contributed by atoms with Gasteiger partial charge in [-0.2, -0.15) is 13.2 Å². The van der Waals surface area contributed by atoms with Crippen LogP contribution in [0.1, 0.15) is 11.1 Å². The molecule has 0 aromatic heterocycles. The van der Waals surface area contributed by atoms with Crippen LogP contribution in [0.15, 0.2) is 72.4 Å². The number of allylic oxidation sites excluding steroid dienone is 2. The van der Waals surface area contributed by atoms with Gasteiger partial charge in [0.25, 0.3) is 5.91 Å². The van der Waals surface area contributed by atoms with Gasteiger partial charge in [0.05, 0.1) is 11.3 Å². The molecule has 1 heterocycles. The molecule has 2 aromatic rings. The number of benzene rings is 2. The maximum atomic E-state index is 13.0. The van der Waals surface area contributed by atoms with Crippen LogP contribution in [0, 0.1) is 0 Å². The number of imide groups is 1. The molecule has 30 heavy (non-hydrogen) atoms. The molecular weight excluding hydrogens is 399 g/mol. The molecule has 0 aliphatic carbocycles. The van der Waals surface area contributed by atoms with Crippen molar-refractivity contribution < 1.29 is 27.6 Å². The number of nitrogens with zero attached hydrogens (tertiary/aromatic N) is 1. The van der Waals surface area contributed by atoms with Gasteiger partial charge in [-0.25, -0.2) is 9.69 Å². The van der Waals surface area contributed by atoms with Crippen LogP contribution in [0.4, 0.5) is 23.7 Å². The van der Waals surface area contributed by atoms with Gasteiger partial charge in [-0.05, 0) is 23.8 Å². The van der Waals surface area contributed by atoms with Crippen LogP contribution in [0.25, 0.3) is 6.08 Å². The molecule has 154 valence electrons. The predicted octanol–water partition coefficient (Wildman–Crippen LogP) is 3.79. The number of halogens is 3. The smallest absolute Gasteiger partial charge is 0.324 e. The van der Waals surface area contributed by atoms with Crippen LogP contribution in [0.5, 0.6) is 0 Å². The second kappa shape index (κ2) is 8.64. The lowest BCUT2D eigenvalue weighted by Gasteiger charge is -2.15. The molecule has 0 saturated carbocycles. The Kier molecular flexibility index (Phi) is 6.01. The summed E-state index contributed by atoms with van der Waals surface area (Å²) in [5.41, 5.74) is -0.646. The topological polar surface area (TPSA) is 78.5 Å². The van der Waals surface area contributed by atoms with E-state index in [9.17, 15) is 27.6 Å². The molecule has 3 rings (SSSR count). The normalized spacial score (nSPS) is 15.7. The fraction of sp³-hybridized carbons (Fsp3) is 0.0952. The van der Waals surface area contributed by atoms with E-state index in [4.69, 9.17) is 0 Å². The standard InChI is InChI=1S/C21H16F3N3O3/c22-21(23,24)15-10-4-5-11-16(15)25-18(28)13-27-19(29)17(26-20(27)30)12-6-9-14-7-2-1-3-8-14/h1-12H,13H2,(H,25,28)(H,26,30)/b9-6+,17-12-. The minimum absolute atomic E-state index is 0.0457. The minimum atomic E-state index is -4.66. The Balaban J connectivity index is 1.67. The summed E-state index contributed by atoms with van der Waals surface area (Å²) in [5, 5.41) is 4.43. The zero-order chi connectivity index (χ0) is 21.7. The second-order valence-electron chi connectivity index (χ2n) is 6.26. The van der Waals surface area contributed by atoms with Gasteiger partial charge in [-0.3, -0.25) is 9.59 Å². The highest BCUT2D eigenvalue weighted by atomic mass is 19.4. The maximum absolute atomic E-state index is 13.0. The van der Waals surface area contributed by atoms with Gasteiger partial charge in [-0.15, -0.1) is 0 Å². The van der Waals surface area contributed by atoms with Gasteiger partial charge < -0.3 is 10.6 Å². The Morgan fingerprint density at radius 1 is 1.03 bits per heavy atom. The maximum Gasteiger partial charge on any atom is 0.418 e. The summed E-state index contributed by atoms with van der Waals surface area (Å²) in [6, 6.07) is 12.8. The van der Waals surface area contributed by atoms with Crippen molar-refractivity contribution >= 4 is 29.6 Å². The molecule has 0 bridgehead atoms. The molecule has 4 amide bonds. The van der Waals surface area contributed by atoms with Crippen LogP contribution in [-0.2, 0) is 15.8 Å². The molecule has 6 nitrogen and oxygen atoms in total. The Hall–Kier alpha value is -3.88. The molecular formula is C21H16F3N3O3. The Bertz CT molecular complexity index is 1030. The molecule has 0 radical (unpaired) electrons. The van der Waals surface area contributed by atoms with Crippen molar-refractivity contribution in [2.45, 2.75) is 6.18 Å². The van der Waals surface area contributed by atoms with Crippen molar-refractivity contribution in [3.8, 4) is 0 Å².